The second kappa shape index (κ2) is 7.50. The molecule has 3 N–H and O–H groups in total. The standard InChI is InChI=1S/C14H24N2O3/c1-9(2)11-6-10(17)4-3-5-12(13(18)7-15)16-8-14(11)19/h9,11-12,16H,3-8,15H2,1-2H3/t11-,12-/m0/s1. The molecule has 1 aliphatic heterocycles. The molecule has 0 unspecified atom stereocenters. The highest BCUT2D eigenvalue weighted by molar-refractivity contribution is 5.91. The van der Waals surface area contributed by atoms with Crippen molar-refractivity contribution in [1.29, 1.82) is 0 Å². The van der Waals surface area contributed by atoms with Gasteiger partial charge in [0.15, 0.2) is 5.78 Å². The zero-order chi connectivity index (χ0) is 14.4. The molecule has 1 heterocycles. The lowest BCUT2D eigenvalue weighted by molar-refractivity contribution is -0.129. The van der Waals surface area contributed by atoms with Gasteiger partial charge in [-0.3, -0.25) is 14.4 Å². The first-order chi connectivity index (χ1) is 8.95. The summed E-state index contributed by atoms with van der Waals surface area (Å²) in [4.78, 5) is 35.6. The third kappa shape index (κ3) is 4.84. The average molecular weight is 268 g/mol. The minimum atomic E-state index is -0.396. The Morgan fingerprint density at radius 1 is 1.42 bits per heavy atom. The van der Waals surface area contributed by atoms with Crippen molar-refractivity contribution in [3.63, 3.8) is 0 Å². The smallest absolute Gasteiger partial charge is 0.163 e. The van der Waals surface area contributed by atoms with Gasteiger partial charge in [-0.2, -0.15) is 0 Å². The second-order valence-electron chi connectivity index (χ2n) is 5.56. The molecular weight excluding hydrogens is 244 g/mol. The average Bonchev–Trinajstić information content (AvgIpc) is 2.37. The molecule has 0 saturated carbocycles. The van der Waals surface area contributed by atoms with Crippen molar-refractivity contribution in [2.75, 3.05) is 13.1 Å². The van der Waals surface area contributed by atoms with Gasteiger partial charge >= 0.3 is 0 Å². The highest BCUT2D eigenvalue weighted by Gasteiger charge is 2.27. The predicted molar refractivity (Wildman–Crippen MR) is 72.7 cm³/mol. The number of hydrogen-bond donors (Lipinski definition) is 2. The molecule has 5 heteroatoms. The minimum absolute atomic E-state index is 0.0140. The van der Waals surface area contributed by atoms with Gasteiger partial charge in [-0.1, -0.05) is 13.8 Å². The van der Waals surface area contributed by atoms with Crippen LogP contribution in [0.3, 0.4) is 0 Å². The van der Waals surface area contributed by atoms with Gasteiger partial charge in [0.2, 0.25) is 0 Å². The summed E-state index contributed by atoms with van der Waals surface area (Å²) < 4.78 is 0. The number of hydrogen-bond acceptors (Lipinski definition) is 5. The molecule has 0 aliphatic carbocycles. The molecular formula is C14H24N2O3. The highest BCUT2D eigenvalue weighted by Crippen LogP contribution is 2.19. The molecule has 1 aliphatic rings. The monoisotopic (exact) mass is 268 g/mol. The van der Waals surface area contributed by atoms with Crippen LogP contribution in [0.15, 0.2) is 0 Å². The Bertz CT molecular complexity index is 353. The van der Waals surface area contributed by atoms with Crippen molar-refractivity contribution in [2.24, 2.45) is 17.6 Å². The van der Waals surface area contributed by atoms with Gasteiger partial charge < -0.3 is 11.1 Å². The summed E-state index contributed by atoms with van der Waals surface area (Å²) in [6, 6.07) is -0.396. The molecule has 1 fully saturated rings. The Balaban J connectivity index is 2.76. The molecule has 5 nitrogen and oxygen atoms in total. The summed E-state index contributed by atoms with van der Waals surface area (Å²) in [5, 5.41) is 3.00. The Kier molecular flexibility index (Phi) is 6.31. The van der Waals surface area contributed by atoms with E-state index in [4.69, 9.17) is 5.73 Å². The lowest BCUT2D eigenvalue weighted by atomic mass is 9.85. The van der Waals surface area contributed by atoms with Gasteiger partial charge in [-0.25, -0.2) is 0 Å². The van der Waals surface area contributed by atoms with Crippen LogP contribution in [0.1, 0.15) is 39.5 Å². The van der Waals surface area contributed by atoms with E-state index in [1.807, 2.05) is 13.8 Å². The summed E-state index contributed by atoms with van der Waals surface area (Å²) in [6.07, 6.45) is 2.00. The van der Waals surface area contributed by atoms with Crippen molar-refractivity contribution in [2.45, 2.75) is 45.6 Å². The zero-order valence-electron chi connectivity index (χ0n) is 11.8. The van der Waals surface area contributed by atoms with Crippen LogP contribution in [0.2, 0.25) is 0 Å². The van der Waals surface area contributed by atoms with Crippen LogP contribution in [0.5, 0.6) is 0 Å². The number of nitrogens with two attached hydrogens (primary N) is 1. The number of nitrogens with one attached hydrogen (secondary N) is 1. The number of carbonyl (C=O) groups is 3. The van der Waals surface area contributed by atoms with Gasteiger partial charge in [0.1, 0.15) is 11.6 Å². The van der Waals surface area contributed by atoms with Gasteiger partial charge in [0.25, 0.3) is 0 Å². The van der Waals surface area contributed by atoms with Crippen molar-refractivity contribution >= 4 is 17.3 Å². The number of rotatable bonds is 3. The van der Waals surface area contributed by atoms with Crippen LogP contribution in [-0.4, -0.2) is 36.5 Å². The van der Waals surface area contributed by atoms with Crippen molar-refractivity contribution < 1.29 is 14.4 Å². The van der Waals surface area contributed by atoms with Crippen molar-refractivity contribution in [3.8, 4) is 0 Å². The molecule has 2 atom stereocenters. The van der Waals surface area contributed by atoms with E-state index in [9.17, 15) is 14.4 Å². The van der Waals surface area contributed by atoms with Crippen molar-refractivity contribution in [1.82, 2.24) is 5.32 Å². The van der Waals surface area contributed by atoms with E-state index in [0.717, 1.165) is 0 Å². The summed E-state index contributed by atoms with van der Waals surface area (Å²) in [6.45, 7) is 4.01. The molecule has 0 radical (unpaired) electrons. The SMILES string of the molecule is CC(C)[C@@H]1CC(=O)CCC[C@@H](C(=O)CN)NCC1=O. The molecule has 0 amide bonds. The topological polar surface area (TPSA) is 89.3 Å². The Hall–Kier alpha value is -1.07. The van der Waals surface area contributed by atoms with Gasteiger partial charge in [-0.05, 0) is 18.8 Å². The van der Waals surface area contributed by atoms with E-state index in [1.165, 1.54) is 0 Å². The number of ketones is 3. The first-order valence-electron chi connectivity index (χ1n) is 6.96. The van der Waals surface area contributed by atoms with Gasteiger partial charge in [0.05, 0.1) is 19.1 Å². The molecule has 0 aromatic rings. The van der Waals surface area contributed by atoms with E-state index in [0.29, 0.717) is 25.7 Å². The van der Waals surface area contributed by atoms with Crippen LogP contribution in [0, 0.1) is 11.8 Å². The fourth-order valence-electron chi connectivity index (χ4n) is 2.45. The molecule has 108 valence electrons. The predicted octanol–water partition coefficient (Wildman–Crippen LogP) is 0.457. The summed E-state index contributed by atoms with van der Waals surface area (Å²) in [5.74, 6) is -0.0667. The normalized spacial score (nSPS) is 26.5. The third-order valence-electron chi connectivity index (χ3n) is 3.73. The molecule has 19 heavy (non-hydrogen) atoms. The minimum Gasteiger partial charge on any atom is -0.324 e. The second-order valence-corrected chi connectivity index (χ2v) is 5.56. The van der Waals surface area contributed by atoms with Crippen LogP contribution >= 0.6 is 0 Å². The summed E-state index contributed by atoms with van der Waals surface area (Å²) in [7, 11) is 0. The Morgan fingerprint density at radius 2 is 2.11 bits per heavy atom. The third-order valence-corrected chi connectivity index (χ3v) is 3.73. The summed E-state index contributed by atoms with van der Waals surface area (Å²) in [5.41, 5.74) is 5.36. The first kappa shape index (κ1) is 16.0. The molecule has 1 saturated heterocycles. The fourth-order valence-corrected chi connectivity index (χ4v) is 2.45. The van der Waals surface area contributed by atoms with Crippen LogP contribution in [0.25, 0.3) is 0 Å². The largest absolute Gasteiger partial charge is 0.324 e. The van der Waals surface area contributed by atoms with Crippen LogP contribution in [-0.2, 0) is 14.4 Å². The molecule has 0 aromatic heterocycles. The van der Waals surface area contributed by atoms with E-state index in [1.54, 1.807) is 0 Å². The van der Waals surface area contributed by atoms with Crippen LogP contribution in [0.4, 0.5) is 0 Å². The summed E-state index contributed by atoms with van der Waals surface area (Å²) >= 11 is 0. The lowest BCUT2D eigenvalue weighted by Gasteiger charge is -2.23. The van der Waals surface area contributed by atoms with E-state index in [2.05, 4.69) is 5.32 Å². The van der Waals surface area contributed by atoms with Crippen LogP contribution < -0.4 is 11.1 Å². The highest BCUT2D eigenvalue weighted by atomic mass is 16.1. The number of carbonyl (C=O) groups excluding carboxylic acids is 3. The maximum Gasteiger partial charge on any atom is 0.163 e. The molecule has 0 aromatic carbocycles. The molecule has 1 rings (SSSR count). The maximum atomic E-state index is 12.1. The van der Waals surface area contributed by atoms with Gasteiger partial charge in [0, 0.05) is 18.8 Å². The zero-order valence-corrected chi connectivity index (χ0v) is 11.8. The molecule has 0 spiro atoms. The number of Topliss-reactive ketones (excluding diaryl/α,β-unsaturated/α-hetero) is 3. The Labute approximate surface area is 114 Å². The van der Waals surface area contributed by atoms with Gasteiger partial charge in [-0.15, -0.1) is 0 Å². The van der Waals surface area contributed by atoms with E-state index in [-0.39, 0.29) is 42.3 Å². The fraction of sp³-hybridized carbons (Fsp3) is 0.786. The van der Waals surface area contributed by atoms with E-state index >= 15 is 0 Å². The quantitative estimate of drug-likeness (QED) is 0.776. The lowest BCUT2D eigenvalue weighted by Crippen LogP contribution is -2.45. The Morgan fingerprint density at radius 3 is 2.68 bits per heavy atom. The van der Waals surface area contributed by atoms with Crippen molar-refractivity contribution in [3.05, 3.63) is 0 Å². The maximum absolute atomic E-state index is 12.1. The molecule has 0 bridgehead atoms. The first-order valence-corrected chi connectivity index (χ1v) is 6.96. The van der Waals surface area contributed by atoms with E-state index < -0.39 is 6.04 Å².